The molecule has 0 saturated heterocycles. The van der Waals surface area contributed by atoms with Gasteiger partial charge < -0.3 is 14.9 Å². The van der Waals surface area contributed by atoms with E-state index in [1.807, 2.05) is 6.07 Å². The van der Waals surface area contributed by atoms with Crippen molar-refractivity contribution in [2.24, 2.45) is 17.3 Å². The highest BCUT2D eigenvalue weighted by Crippen LogP contribution is 2.62. The van der Waals surface area contributed by atoms with Gasteiger partial charge in [-0.15, -0.1) is 0 Å². The van der Waals surface area contributed by atoms with Crippen molar-refractivity contribution in [3.8, 4) is 11.5 Å². The lowest BCUT2D eigenvalue weighted by Crippen LogP contribution is -2.44. The van der Waals surface area contributed by atoms with Crippen molar-refractivity contribution in [1.82, 2.24) is 0 Å². The Morgan fingerprint density at radius 2 is 2.08 bits per heavy atom. The van der Waals surface area contributed by atoms with E-state index in [2.05, 4.69) is 6.92 Å². The number of hydrogen-bond acceptors (Lipinski definition) is 4. The number of rotatable bonds is 2. The van der Waals surface area contributed by atoms with Crippen LogP contribution in [-0.4, -0.2) is 22.3 Å². The fraction of sp³-hybridized carbons (Fsp3) is 0.667. The van der Waals surface area contributed by atoms with Crippen LogP contribution in [0.4, 0.5) is 0 Å². The summed E-state index contributed by atoms with van der Waals surface area (Å²) < 4.78 is 5.60. The van der Waals surface area contributed by atoms with Gasteiger partial charge in [-0.3, -0.25) is 4.79 Å². The van der Waals surface area contributed by atoms with E-state index < -0.39 is 0 Å². The fourth-order valence-corrected chi connectivity index (χ4v) is 5.92. The van der Waals surface area contributed by atoms with Crippen LogP contribution in [0, 0.1) is 17.3 Å². The smallest absolute Gasteiger partial charge is 0.310 e. The number of aromatic hydroxyl groups is 1. The molecule has 0 radical (unpaired) electrons. The first-order chi connectivity index (χ1) is 11.9. The maximum absolute atomic E-state index is 11.9. The predicted octanol–water partition coefficient (Wildman–Crippen LogP) is 3.92. The van der Waals surface area contributed by atoms with E-state index in [0.29, 0.717) is 29.9 Å². The Hall–Kier alpha value is -1.55. The summed E-state index contributed by atoms with van der Waals surface area (Å²) in [7, 11) is 0. The van der Waals surface area contributed by atoms with Crippen LogP contribution in [0.5, 0.6) is 11.5 Å². The molecule has 1 aromatic rings. The highest BCUT2D eigenvalue weighted by molar-refractivity contribution is 5.73. The Labute approximate surface area is 149 Å². The number of phenolic OH excluding ortho intramolecular Hbond substituents is 1. The van der Waals surface area contributed by atoms with Crippen molar-refractivity contribution < 1.29 is 19.7 Å². The molecule has 2 fully saturated rings. The molecule has 0 aromatic heterocycles. The average Bonchev–Trinajstić information content (AvgIpc) is 2.89. The van der Waals surface area contributed by atoms with E-state index in [-0.39, 0.29) is 23.2 Å². The molecule has 2 N–H and O–H groups in total. The maximum atomic E-state index is 11.9. The lowest BCUT2D eigenvalue weighted by Gasteiger charge is -2.50. The van der Waals surface area contributed by atoms with E-state index in [0.717, 1.165) is 49.7 Å². The number of aliphatic hydroxyl groups is 1. The van der Waals surface area contributed by atoms with E-state index >= 15 is 0 Å². The number of ether oxygens (including phenoxy) is 1. The number of fused-ring (bicyclic) bond motifs is 5. The van der Waals surface area contributed by atoms with Crippen LogP contribution in [-0.2, 0) is 11.2 Å². The third kappa shape index (κ3) is 2.57. The second-order valence-corrected chi connectivity index (χ2v) is 8.40. The normalized spacial score (nSPS) is 36.3. The monoisotopic (exact) mass is 344 g/mol. The van der Waals surface area contributed by atoms with Crippen molar-refractivity contribution in [2.45, 2.75) is 70.8 Å². The summed E-state index contributed by atoms with van der Waals surface area (Å²) in [6.07, 6.45) is 6.17. The molecule has 3 aliphatic rings. The van der Waals surface area contributed by atoms with E-state index in [1.54, 1.807) is 13.0 Å². The molecule has 4 rings (SSSR count). The minimum atomic E-state index is -0.258. The van der Waals surface area contributed by atoms with Gasteiger partial charge >= 0.3 is 5.97 Å². The first-order valence-electron chi connectivity index (χ1n) is 9.68. The number of carbonyl (C=O) groups is 1. The van der Waals surface area contributed by atoms with Crippen LogP contribution >= 0.6 is 0 Å². The zero-order valence-electron chi connectivity index (χ0n) is 15.1. The van der Waals surface area contributed by atoms with E-state index in [4.69, 9.17) is 4.74 Å². The second-order valence-electron chi connectivity index (χ2n) is 8.40. The largest absolute Gasteiger partial charge is 0.508 e. The van der Waals surface area contributed by atoms with Crippen LogP contribution in [0.3, 0.4) is 0 Å². The fourth-order valence-electron chi connectivity index (χ4n) is 5.92. The minimum absolute atomic E-state index is 0.0375. The molecule has 4 heteroatoms. The van der Waals surface area contributed by atoms with Gasteiger partial charge in [-0.25, -0.2) is 0 Å². The number of aliphatic hydroxyl groups excluding tert-OH is 1. The molecule has 3 aliphatic carbocycles. The number of benzene rings is 1. The quantitative estimate of drug-likeness (QED) is 0.630. The maximum Gasteiger partial charge on any atom is 0.310 e. The van der Waals surface area contributed by atoms with Crippen LogP contribution in [0.2, 0.25) is 0 Å². The first kappa shape index (κ1) is 16.9. The summed E-state index contributed by atoms with van der Waals surface area (Å²) >= 11 is 0. The van der Waals surface area contributed by atoms with Crippen molar-refractivity contribution in [1.29, 1.82) is 0 Å². The van der Waals surface area contributed by atoms with Gasteiger partial charge in [0.15, 0.2) is 0 Å². The number of carbonyl (C=O) groups excluding carboxylic acids is 1. The summed E-state index contributed by atoms with van der Waals surface area (Å²) in [6.45, 7) is 4.04. The molecule has 136 valence electrons. The SMILES string of the molecule is CCC(=O)Oc1cc(O)cc2c1C1CCC3(C)C(O)CCC3C1CC2. The Morgan fingerprint density at radius 3 is 2.84 bits per heavy atom. The molecule has 5 atom stereocenters. The standard InChI is InChI=1S/C21H28O4/c1-3-19(24)25-17-11-13(22)10-12-4-5-14-15(20(12)17)8-9-21(2)16(14)6-7-18(21)23/h10-11,14-16,18,22-23H,3-9H2,1-2H3. The van der Waals surface area contributed by atoms with E-state index in [9.17, 15) is 15.0 Å². The Morgan fingerprint density at radius 1 is 1.28 bits per heavy atom. The molecule has 0 bridgehead atoms. The third-order valence-electron chi connectivity index (χ3n) is 7.23. The Balaban J connectivity index is 1.73. The Kier molecular flexibility index (Phi) is 4.06. The molecule has 1 aromatic carbocycles. The highest BCUT2D eigenvalue weighted by Gasteiger charge is 2.54. The molecule has 25 heavy (non-hydrogen) atoms. The molecule has 2 saturated carbocycles. The van der Waals surface area contributed by atoms with Gasteiger partial charge in [0, 0.05) is 18.1 Å². The van der Waals surface area contributed by atoms with Gasteiger partial charge in [0.2, 0.25) is 0 Å². The van der Waals surface area contributed by atoms with Gasteiger partial charge in [-0.05, 0) is 73.3 Å². The molecular formula is C21H28O4. The molecule has 0 amide bonds. The van der Waals surface area contributed by atoms with Crippen LogP contribution in [0.15, 0.2) is 12.1 Å². The Bertz CT molecular complexity index is 697. The second kappa shape index (κ2) is 6.01. The van der Waals surface area contributed by atoms with Gasteiger partial charge in [-0.1, -0.05) is 13.8 Å². The van der Waals surface area contributed by atoms with E-state index in [1.165, 1.54) is 0 Å². The average molecular weight is 344 g/mol. The third-order valence-corrected chi connectivity index (χ3v) is 7.23. The lowest BCUT2D eigenvalue weighted by molar-refractivity contribution is -0.134. The summed E-state index contributed by atoms with van der Waals surface area (Å²) in [6, 6.07) is 3.44. The van der Waals surface area contributed by atoms with Crippen molar-refractivity contribution in [3.63, 3.8) is 0 Å². The molecule has 4 nitrogen and oxygen atoms in total. The topological polar surface area (TPSA) is 66.8 Å². The summed E-state index contributed by atoms with van der Waals surface area (Å²) in [4.78, 5) is 11.9. The number of esters is 1. The molecular weight excluding hydrogens is 316 g/mol. The number of hydrogen-bond donors (Lipinski definition) is 2. The number of aryl methyl sites for hydroxylation is 1. The van der Waals surface area contributed by atoms with Gasteiger partial charge in [0.25, 0.3) is 0 Å². The van der Waals surface area contributed by atoms with Gasteiger partial charge in [0.05, 0.1) is 6.10 Å². The molecule has 0 aliphatic heterocycles. The predicted molar refractivity (Wildman–Crippen MR) is 94.7 cm³/mol. The minimum Gasteiger partial charge on any atom is -0.508 e. The van der Waals surface area contributed by atoms with Gasteiger partial charge in [0.1, 0.15) is 11.5 Å². The van der Waals surface area contributed by atoms with Crippen molar-refractivity contribution in [2.75, 3.05) is 0 Å². The highest BCUT2D eigenvalue weighted by atomic mass is 16.5. The van der Waals surface area contributed by atoms with Gasteiger partial charge in [-0.2, -0.15) is 0 Å². The van der Waals surface area contributed by atoms with Crippen LogP contribution < -0.4 is 4.74 Å². The van der Waals surface area contributed by atoms with Crippen LogP contribution in [0.25, 0.3) is 0 Å². The molecule has 0 spiro atoms. The first-order valence-corrected chi connectivity index (χ1v) is 9.68. The lowest BCUT2D eigenvalue weighted by atomic mass is 9.55. The summed E-state index contributed by atoms with van der Waals surface area (Å²) in [5.41, 5.74) is 2.30. The molecule has 0 heterocycles. The summed E-state index contributed by atoms with van der Waals surface area (Å²) in [5.74, 6) is 1.91. The zero-order chi connectivity index (χ0) is 17.8. The summed E-state index contributed by atoms with van der Waals surface area (Å²) in [5, 5.41) is 20.6. The molecule has 5 unspecified atom stereocenters. The number of phenols is 1. The zero-order valence-corrected chi connectivity index (χ0v) is 15.1. The van der Waals surface area contributed by atoms with Crippen molar-refractivity contribution >= 4 is 5.97 Å². The van der Waals surface area contributed by atoms with Crippen molar-refractivity contribution in [3.05, 3.63) is 23.3 Å². The van der Waals surface area contributed by atoms with Crippen LogP contribution in [0.1, 0.15) is 69.4 Å².